The molecule has 0 saturated heterocycles. The van der Waals surface area contributed by atoms with Crippen LogP contribution in [0.2, 0.25) is 0 Å². The van der Waals surface area contributed by atoms with E-state index in [0.29, 0.717) is 13.2 Å². The van der Waals surface area contributed by atoms with Crippen molar-refractivity contribution in [2.45, 2.75) is 20.1 Å². The third-order valence-electron chi connectivity index (χ3n) is 3.33. The number of rotatable bonds is 5. The molecule has 0 spiro atoms. The van der Waals surface area contributed by atoms with Gasteiger partial charge in [-0.25, -0.2) is 4.98 Å². The van der Waals surface area contributed by atoms with Crippen LogP contribution in [0, 0.1) is 6.92 Å². The molecule has 0 fully saturated rings. The number of aryl methyl sites for hydroxylation is 1. The van der Waals surface area contributed by atoms with Gasteiger partial charge in [0.05, 0.1) is 23.8 Å². The molecule has 3 rings (SSSR count). The first kappa shape index (κ1) is 15.4. The Kier molecular flexibility index (Phi) is 5.03. The van der Waals surface area contributed by atoms with Crippen molar-refractivity contribution in [1.82, 2.24) is 4.98 Å². The second-order valence-corrected chi connectivity index (χ2v) is 7.01. The standard InChI is InChI=1S/C18H16BrNOS/c1-13-17(12-21-11-14-7-9-16(19)10-8-14)22-18(20-13)15-5-3-2-4-6-15/h2-10H,11-12H2,1H3. The summed E-state index contributed by atoms with van der Waals surface area (Å²) in [6.07, 6.45) is 0. The van der Waals surface area contributed by atoms with Crippen LogP contribution in [0.4, 0.5) is 0 Å². The van der Waals surface area contributed by atoms with E-state index in [0.717, 1.165) is 20.7 Å². The predicted molar refractivity (Wildman–Crippen MR) is 94.9 cm³/mol. The lowest BCUT2D eigenvalue weighted by Crippen LogP contribution is -1.93. The summed E-state index contributed by atoms with van der Waals surface area (Å²) in [6.45, 7) is 3.26. The van der Waals surface area contributed by atoms with Gasteiger partial charge in [0.15, 0.2) is 0 Å². The number of hydrogen-bond donors (Lipinski definition) is 0. The van der Waals surface area contributed by atoms with Gasteiger partial charge in [-0.15, -0.1) is 11.3 Å². The van der Waals surface area contributed by atoms with Gasteiger partial charge in [-0.1, -0.05) is 58.4 Å². The minimum Gasteiger partial charge on any atom is -0.371 e. The molecule has 0 saturated carbocycles. The Morgan fingerprint density at radius 2 is 1.73 bits per heavy atom. The lowest BCUT2D eigenvalue weighted by atomic mass is 10.2. The number of benzene rings is 2. The van der Waals surface area contributed by atoms with Crippen molar-refractivity contribution in [2.24, 2.45) is 0 Å². The minimum atomic E-state index is 0.604. The normalized spacial score (nSPS) is 10.8. The van der Waals surface area contributed by atoms with Crippen molar-refractivity contribution in [1.29, 1.82) is 0 Å². The molecule has 2 aromatic carbocycles. The van der Waals surface area contributed by atoms with Crippen LogP contribution < -0.4 is 0 Å². The Morgan fingerprint density at radius 1 is 1.00 bits per heavy atom. The van der Waals surface area contributed by atoms with Gasteiger partial charge in [0, 0.05) is 10.0 Å². The summed E-state index contributed by atoms with van der Waals surface area (Å²) in [5, 5.41) is 1.06. The van der Waals surface area contributed by atoms with E-state index >= 15 is 0 Å². The molecule has 0 N–H and O–H groups in total. The van der Waals surface area contributed by atoms with Gasteiger partial charge in [0.1, 0.15) is 5.01 Å². The smallest absolute Gasteiger partial charge is 0.123 e. The van der Waals surface area contributed by atoms with E-state index in [2.05, 4.69) is 45.2 Å². The van der Waals surface area contributed by atoms with E-state index < -0.39 is 0 Å². The fourth-order valence-corrected chi connectivity index (χ4v) is 3.38. The van der Waals surface area contributed by atoms with Gasteiger partial charge in [0.2, 0.25) is 0 Å². The van der Waals surface area contributed by atoms with Crippen LogP contribution >= 0.6 is 27.3 Å². The highest BCUT2D eigenvalue weighted by molar-refractivity contribution is 9.10. The molecule has 1 heterocycles. The molecule has 1 aromatic heterocycles. The summed E-state index contributed by atoms with van der Waals surface area (Å²) in [7, 11) is 0. The summed E-state index contributed by atoms with van der Waals surface area (Å²) >= 11 is 5.14. The Balaban J connectivity index is 1.63. The van der Waals surface area contributed by atoms with E-state index in [1.807, 2.05) is 37.3 Å². The number of aromatic nitrogens is 1. The Morgan fingerprint density at radius 3 is 2.45 bits per heavy atom. The fraction of sp³-hybridized carbons (Fsp3) is 0.167. The summed E-state index contributed by atoms with van der Waals surface area (Å²) < 4.78 is 6.92. The van der Waals surface area contributed by atoms with E-state index in [4.69, 9.17) is 4.74 Å². The molecule has 2 nitrogen and oxygen atoms in total. The summed E-state index contributed by atoms with van der Waals surface area (Å²) in [5.74, 6) is 0. The zero-order valence-electron chi connectivity index (χ0n) is 12.3. The van der Waals surface area contributed by atoms with Crippen LogP contribution in [0.25, 0.3) is 10.6 Å². The van der Waals surface area contributed by atoms with Crippen LogP contribution in [0.15, 0.2) is 59.1 Å². The maximum atomic E-state index is 5.83. The van der Waals surface area contributed by atoms with Gasteiger partial charge < -0.3 is 4.74 Å². The molecule has 0 amide bonds. The molecule has 0 bridgehead atoms. The lowest BCUT2D eigenvalue weighted by Gasteiger charge is -2.03. The van der Waals surface area contributed by atoms with Crippen molar-refractivity contribution < 1.29 is 4.74 Å². The molecule has 0 atom stereocenters. The molecule has 0 aliphatic carbocycles. The molecular formula is C18H16BrNOS. The highest BCUT2D eigenvalue weighted by Gasteiger charge is 2.09. The second-order valence-electron chi connectivity index (χ2n) is 5.01. The van der Waals surface area contributed by atoms with E-state index in [9.17, 15) is 0 Å². The number of hydrogen-bond acceptors (Lipinski definition) is 3. The molecular weight excluding hydrogens is 358 g/mol. The molecule has 0 aliphatic heterocycles. The van der Waals surface area contributed by atoms with Crippen LogP contribution in [0.1, 0.15) is 16.1 Å². The Bertz CT molecular complexity index is 738. The molecule has 112 valence electrons. The number of nitrogens with zero attached hydrogens (tertiary/aromatic N) is 1. The Hall–Kier alpha value is -1.49. The SMILES string of the molecule is Cc1nc(-c2ccccc2)sc1COCc1ccc(Br)cc1. The van der Waals surface area contributed by atoms with E-state index in [1.54, 1.807) is 11.3 Å². The van der Waals surface area contributed by atoms with Crippen LogP contribution in [0.5, 0.6) is 0 Å². The monoisotopic (exact) mass is 373 g/mol. The molecule has 4 heteroatoms. The summed E-state index contributed by atoms with van der Waals surface area (Å²) in [5.41, 5.74) is 3.39. The molecule has 0 radical (unpaired) electrons. The molecule has 3 aromatic rings. The second kappa shape index (κ2) is 7.18. The van der Waals surface area contributed by atoms with Gasteiger partial charge in [0.25, 0.3) is 0 Å². The lowest BCUT2D eigenvalue weighted by molar-refractivity contribution is 0.109. The number of thiazole rings is 1. The van der Waals surface area contributed by atoms with Crippen molar-refractivity contribution in [2.75, 3.05) is 0 Å². The third kappa shape index (κ3) is 3.83. The first-order chi connectivity index (χ1) is 10.7. The van der Waals surface area contributed by atoms with Crippen molar-refractivity contribution >= 4 is 27.3 Å². The third-order valence-corrected chi connectivity index (χ3v) is 5.04. The van der Waals surface area contributed by atoms with E-state index in [1.165, 1.54) is 10.4 Å². The van der Waals surface area contributed by atoms with Crippen LogP contribution in [0.3, 0.4) is 0 Å². The summed E-state index contributed by atoms with van der Waals surface area (Å²) in [6, 6.07) is 18.5. The van der Waals surface area contributed by atoms with E-state index in [-0.39, 0.29) is 0 Å². The highest BCUT2D eigenvalue weighted by Crippen LogP contribution is 2.28. The zero-order chi connectivity index (χ0) is 15.4. The Labute approximate surface area is 142 Å². The minimum absolute atomic E-state index is 0.604. The van der Waals surface area contributed by atoms with Crippen molar-refractivity contribution in [3.05, 3.63) is 75.2 Å². The maximum absolute atomic E-state index is 5.83. The van der Waals surface area contributed by atoms with Gasteiger partial charge in [-0.05, 0) is 24.6 Å². The van der Waals surface area contributed by atoms with Crippen LogP contribution in [-0.4, -0.2) is 4.98 Å². The van der Waals surface area contributed by atoms with Crippen molar-refractivity contribution in [3.8, 4) is 10.6 Å². The van der Waals surface area contributed by atoms with Gasteiger partial charge in [-0.2, -0.15) is 0 Å². The average molecular weight is 374 g/mol. The topological polar surface area (TPSA) is 22.1 Å². The quantitative estimate of drug-likeness (QED) is 0.580. The first-order valence-corrected chi connectivity index (χ1v) is 8.67. The molecule has 0 aliphatic rings. The summed E-state index contributed by atoms with van der Waals surface area (Å²) in [4.78, 5) is 5.84. The molecule has 0 unspecified atom stereocenters. The van der Waals surface area contributed by atoms with Gasteiger partial charge >= 0.3 is 0 Å². The number of halogens is 1. The molecule has 22 heavy (non-hydrogen) atoms. The van der Waals surface area contributed by atoms with Gasteiger partial charge in [-0.3, -0.25) is 0 Å². The first-order valence-electron chi connectivity index (χ1n) is 7.06. The highest BCUT2D eigenvalue weighted by atomic mass is 79.9. The van der Waals surface area contributed by atoms with Crippen molar-refractivity contribution in [3.63, 3.8) is 0 Å². The largest absolute Gasteiger partial charge is 0.371 e. The zero-order valence-corrected chi connectivity index (χ0v) is 14.7. The fourth-order valence-electron chi connectivity index (χ4n) is 2.11. The maximum Gasteiger partial charge on any atom is 0.123 e. The number of ether oxygens (including phenoxy) is 1. The predicted octanol–water partition coefficient (Wildman–Crippen LogP) is 5.60. The van der Waals surface area contributed by atoms with Crippen LogP contribution in [-0.2, 0) is 18.0 Å². The average Bonchev–Trinajstić information content (AvgIpc) is 2.91.